The van der Waals surface area contributed by atoms with Gasteiger partial charge in [0.05, 0.1) is 0 Å². The third kappa shape index (κ3) is 3.56. The first-order valence-electron chi connectivity index (χ1n) is 7.08. The molecular weight excluding hydrogens is 304 g/mol. The molecule has 1 fully saturated rings. The molecule has 19 heavy (non-hydrogen) atoms. The Morgan fingerprint density at radius 1 is 1.37 bits per heavy atom. The predicted molar refractivity (Wildman–Crippen MR) is 81.5 cm³/mol. The van der Waals surface area contributed by atoms with Crippen molar-refractivity contribution >= 4 is 27.7 Å². The first-order valence-corrected chi connectivity index (χ1v) is 8.20. The maximum Gasteiger partial charge on any atom is 0.231 e. The van der Waals surface area contributed by atoms with Gasteiger partial charge in [-0.2, -0.15) is 0 Å². The van der Waals surface area contributed by atoms with Gasteiger partial charge < -0.3 is 0 Å². The largest absolute Gasteiger partial charge is 0.297 e. The summed E-state index contributed by atoms with van der Waals surface area (Å²) in [6.07, 6.45) is 7.55. The smallest absolute Gasteiger partial charge is 0.231 e. The number of hydrogen-bond acceptors (Lipinski definition) is 2. The van der Waals surface area contributed by atoms with Crippen LogP contribution in [0.25, 0.3) is 0 Å². The molecule has 1 aromatic rings. The highest BCUT2D eigenvalue weighted by Gasteiger charge is 2.26. The minimum absolute atomic E-state index is 0.200. The summed E-state index contributed by atoms with van der Waals surface area (Å²) >= 11 is 3.41. The van der Waals surface area contributed by atoms with Crippen molar-refractivity contribution in [3.05, 3.63) is 23.9 Å². The average Bonchev–Trinajstić information content (AvgIpc) is 2.49. The molecule has 2 rings (SSSR count). The number of carbonyl (C=O) groups is 1. The second-order valence-corrected chi connectivity index (χ2v) is 5.64. The monoisotopic (exact) mass is 324 g/mol. The molecular formula is C15H21BrN2O. The van der Waals surface area contributed by atoms with Crippen molar-refractivity contribution in [3.8, 4) is 0 Å². The molecule has 0 unspecified atom stereocenters. The number of halogens is 1. The van der Waals surface area contributed by atoms with E-state index >= 15 is 0 Å². The summed E-state index contributed by atoms with van der Waals surface area (Å²) in [5.41, 5.74) is 1.13. The second kappa shape index (κ2) is 7.04. The maximum atomic E-state index is 12.6. The molecule has 4 heteroatoms. The third-order valence-corrected chi connectivity index (χ3v) is 4.42. The summed E-state index contributed by atoms with van der Waals surface area (Å²) in [4.78, 5) is 18.8. The van der Waals surface area contributed by atoms with Gasteiger partial charge in [0.15, 0.2) is 0 Å². The van der Waals surface area contributed by atoms with Gasteiger partial charge in [-0.3, -0.25) is 9.69 Å². The molecule has 0 aromatic carbocycles. The Morgan fingerprint density at radius 3 is 2.63 bits per heavy atom. The van der Waals surface area contributed by atoms with Crippen LogP contribution >= 0.6 is 15.9 Å². The van der Waals surface area contributed by atoms with E-state index < -0.39 is 0 Å². The van der Waals surface area contributed by atoms with Crippen LogP contribution in [0.3, 0.4) is 0 Å². The van der Waals surface area contributed by atoms with E-state index in [0.717, 1.165) is 29.6 Å². The summed E-state index contributed by atoms with van der Waals surface area (Å²) in [5.74, 6) is 1.23. The Labute approximate surface area is 123 Å². The lowest BCUT2D eigenvalue weighted by Crippen LogP contribution is -2.37. The van der Waals surface area contributed by atoms with E-state index in [-0.39, 0.29) is 11.8 Å². The molecule has 0 atom stereocenters. The summed E-state index contributed by atoms with van der Waals surface area (Å²) < 4.78 is 0. The van der Waals surface area contributed by atoms with E-state index in [1.165, 1.54) is 19.3 Å². The molecule has 0 radical (unpaired) electrons. The lowest BCUT2D eigenvalue weighted by atomic mass is 9.88. The molecule has 1 heterocycles. The molecule has 0 spiro atoms. The molecule has 1 aliphatic carbocycles. The minimum atomic E-state index is 0.200. The lowest BCUT2D eigenvalue weighted by molar-refractivity contribution is -0.123. The first kappa shape index (κ1) is 14.5. The van der Waals surface area contributed by atoms with Crippen molar-refractivity contribution in [3.63, 3.8) is 0 Å². The summed E-state index contributed by atoms with van der Waals surface area (Å²) in [5, 5.41) is 0.795. The Morgan fingerprint density at radius 2 is 2.11 bits per heavy atom. The van der Waals surface area contributed by atoms with E-state index in [4.69, 9.17) is 0 Å². The Hall–Kier alpha value is -0.900. The van der Waals surface area contributed by atoms with Gasteiger partial charge in [-0.1, -0.05) is 41.3 Å². The number of hydrogen-bond donors (Lipinski definition) is 0. The van der Waals surface area contributed by atoms with Crippen molar-refractivity contribution < 1.29 is 4.79 Å². The average molecular weight is 325 g/mol. The topological polar surface area (TPSA) is 33.2 Å². The van der Waals surface area contributed by atoms with Crippen LogP contribution in [0.5, 0.6) is 0 Å². The molecule has 1 aliphatic rings. The number of anilines is 1. The number of carbonyl (C=O) groups excluding carboxylic acids is 1. The van der Waals surface area contributed by atoms with Gasteiger partial charge in [-0.15, -0.1) is 0 Å². The van der Waals surface area contributed by atoms with Gasteiger partial charge in [0.1, 0.15) is 5.82 Å². The maximum absolute atomic E-state index is 12.6. The fourth-order valence-electron chi connectivity index (χ4n) is 2.66. The summed E-state index contributed by atoms with van der Waals surface area (Å²) in [6.45, 7) is 2.71. The van der Waals surface area contributed by atoms with Crippen molar-refractivity contribution in [1.82, 2.24) is 4.98 Å². The van der Waals surface area contributed by atoms with Crippen LogP contribution in [0.15, 0.2) is 18.3 Å². The van der Waals surface area contributed by atoms with Crippen LogP contribution in [-0.4, -0.2) is 17.4 Å². The van der Waals surface area contributed by atoms with E-state index in [1.54, 1.807) is 0 Å². The van der Waals surface area contributed by atoms with Crippen molar-refractivity contribution in [2.24, 2.45) is 5.92 Å². The molecule has 3 nitrogen and oxygen atoms in total. The number of aromatic nitrogens is 1. The number of nitrogens with zero attached hydrogens (tertiary/aromatic N) is 2. The van der Waals surface area contributed by atoms with Crippen molar-refractivity contribution in [1.29, 1.82) is 0 Å². The Kier molecular flexibility index (Phi) is 5.37. The molecule has 1 aromatic heterocycles. The van der Waals surface area contributed by atoms with Gasteiger partial charge in [0.25, 0.3) is 0 Å². The highest BCUT2D eigenvalue weighted by atomic mass is 79.9. The van der Waals surface area contributed by atoms with Crippen LogP contribution in [0.1, 0.15) is 44.6 Å². The molecule has 0 aliphatic heterocycles. The fourth-order valence-corrected chi connectivity index (χ4v) is 2.99. The van der Waals surface area contributed by atoms with Gasteiger partial charge in [-0.05, 0) is 31.4 Å². The van der Waals surface area contributed by atoms with Gasteiger partial charge in [0, 0.05) is 24.0 Å². The quantitative estimate of drug-likeness (QED) is 0.787. The van der Waals surface area contributed by atoms with Crippen LogP contribution in [0.4, 0.5) is 5.82 Å². The predicted octanol–water partition coefficient (Wildman–Crippen LogP) is 3.91. The van der Waals surface area contributed by atoms with E-state index in [1.807, 2.05) is 30.2 Å². The van der Waals surface area contributed by atoms with E-state index in [9.17, 15) is 4.79 Å². The highest BCUT2D eigenvalue weighted by Crippen LogP contribution is 2.27. The first-order chi connectivity index (χ1) is 9.26. The van der Waals surface area contributed by atoms with Crippen LogP contribution in [0.2, 0.25) is 0 Å². The lowest BCUT2D eigenvalue weighted by Gasteiger charge is -2.27. The molecule has 104 valence electrons. The normalized spacial score (nSPS) is 16.3. The summed E-state index contributed by atoms with van der Waals surface area (Å²) in [6, 6.07) is 3.97. The van der Waals surface area contributed by atoms with Crippen molar-refractivity contribution in [2.75, 3.05) is 11.4 Å². The van der Waals surface area contributed by atoms with Crippen LogP contribution < -0.4 is 4.90 Å². The second-order valence-electron chi connectivity index (χ2n) is 5.08. The highest BCUT2D eigenvalue weighted by molar-refractivity contribution is 9.08. The van der Waals surface area contributed by atoms with Gasteiger partial charge in [0.2, 0.25) is 5.91 Å². The molecule has 1 amide bonds. The van der Waals surface area contributed by atoms with Crippen molar-refractivity contribution in [2.45, 2.75) is 44.4 Å². The number of rotatable bonds is 4. The Balaban J connectivity index is 2.11. The molecule has 0 N–H and O–H groups in total. The molecule has 0 saturated heterocycles. The SMILES string of the molecule is CCN(C(=O)C1CCCCC1)c1ccc(CBr)cn1. The van der Waals surface area contributed by atoms with Crippen LogP contribution in [-0.2, 0) is 10.1 Å². The fraction of sp³-hybridized carbons (Fsp3) is 0.600. The van der Waals surface area contributed by atoms with Gasteiger partial charge >= 0.3 is 0 Å². The van der Waals surface area contributed by atoms with E-state index in [0.29, 0.717) is 6.54 Å². The number of amides is 1. The zero-order valence-electron chi connectivity index (χ0n) is 11.4. The van der Waals surface area contributed by atoms with Gasteiger partial charge in [-0.25, -0.2) is 4.98 Å². The Bertz CT molecular complexity index is 413. The minimum Gasteiger partial charge on any atom is -0.297 e. The number of alkyl halides is 1. The number of pyridine rings is 1. The third-order valence-electron chi connectivity index (χ3n) is 3.78. The zero-order valence-corrected chi connectivity index (χ0v) is 13.0. The van der Waals surface area contributed by atoms with E-state index in [2.05, 4.69) is 20.9 Å². The molecule has 1 saturated carbocycles. The summed E-state index contributed by atoms with van der Waals surface area (Å²) in [7, 11) is 0. The zero-order chi connectivity index (χ0) is 13.7. The molecule has 0 bridgehead atoms. The standard InChI is InChI=1S/C15H21BrN2O/c1-2-18(14-9-8-12(10-16)11-17-14)15(19)13-6-4-3-5-7-13/h8-9,11,13H,2-7,10H2,1H3. The van der Waals surface area contributed by atoms with Crippen LogP contribution in [0, 0.1) is 5.92 Å².